The molecular weight excluding hydrogens is 322 g/mol. The molecule has 0 spiro atoms. The van der Waals surface area contributed by atoms with E-state index in [4.69, 9.17) is 0 Å². The summed E-state index contributed by atoms with van der Waals surface area (Å²) in [6.07, 6.45) is 6.15. The Kier molecular flexibility index (Phi) is 6.61. The maximum atomic E-state index is 4.50. The monoisotopic (exact) mass is 351 g/mol. The first kappa shape index (κ1) is 18.4. The van der Waals surface area contributed by atoms with Crippen LogP contribution in [0, 0.1) is 0 Å². The number of benzene rings is 1. The van der Waals surface area contributed by atoms with Crippen molar-refractivity contribution in [3.63, 3.8) is 0 Å². The second-order valence-electron chi connectivity index (χ2n) is 6.51. The third-order valence-electron chi connectivity index (χ3n) is 4.90. The zero-order valence-corrected chi connectivity index (χ0v) is 15.9. The Bertz CT molecular complexity index is 689. The summed E-state index contributed by atoms with van der Waals surface area (Å²) in [6.45, 7) is 11.4. The molecule has 0 bridgehead atoms. The summed E-state index contributed by atoms with van der Waals surface area (Å²) in [5, 5.41) is 0. The Morgan fingerprint density at radius 2 is 1.73 bits per heavy atom. The molecule has 0 radical (unpaired) electrons. The lowest BCUT2D eigenvalue weighted by Gasteiger charge is -2.35. The molecule has 0 saturated carbocycles. The summed E-state index contributed by atoms with van der Waals surface area (Å²) < 4.78 is 0. The molecule has 5 nitrogen and oxygen atoms in total. The molecule has 0 unspecified atom stereocenters. The predicted octanol–water partition coefficient (Wildman–Crippen LogP) is 3.16. The summed E-state index contributed by atoms with van der Waals surface area (Å²) in [6, 6.07) is 12.6. The van der Waals surface area contributed by atoms with Gasteiger partial charge in [0, 0.05) is 51.9 Å². The molecule has 0 N–H and O–H groups in total. The lowest BCUT2D eigenvalue weighted by Crippen LogP contribution is -2.46. The topological polar surface area (TPSA) is 35.5 Å². The first-order valence-electron chi connectivity index (χ1n) is 9.56. The fourth-order valence-electron chi connectivity index (χ4n) is 3.29. The van der Waals surface area contributed by atoms with Crippen LogP contribution in [0.15, 0.2) is 48.8 Å². The van der Waals surface area contributed by atoms with Gasteiger partial charge in [-0.05, 0) is 19.4 Å². The minimum absolute atomic E-state index is 0.967. The van der Waals surface area contributed by atoms with Crippen molar-refractivity contribution in [1.29, 1.82) is 0 Å². The Hall–Kier alpha value is -2.40. The van der Waals surface area contributed by atoms with E-state index in [0.717, 1.165) is 57.4 Å². The average Bonchev–Trinajstić information content (AvgIpc) is 2.71. The molecular formula is C21H29N5. The second kappa shape index (κ2) is 9.34. The number of rotatable bonds is 7. The quantitative estimate of drug-likeness (QED) is 0.766. The first-order valence-corrected chi connectivity index (χ1v) is 9.56. The second-order valence-corrected chi connectivity index (χ2v) is 6.51. The van der Waals surface area contributed by atoms with Gasteiger partial charge >= 0.3 is 0 Å². The van der Waals surface area contributed by atoms with Gasteiger partial charge < -0.3 is 9.80 Å². The summed E-state index contributed by atoms with van der Waals surface area (Å²) >= 11 is 0. The van der Waals surface area contributed by atoms with Crippen LogP contribution < -0.4 is 9.80 Å². The Balaban J connectivity index is 1.52. The van der Waals surface area contributed by atoms with E-state index in [-0.39, 0.29) is 0 Å². The summed E-state index contributed by atoms with van der Waals surface area (Å²) in [5.41, 5.74) is 1.26. The fourth-order valence-corrected chi connectivity index (χ4v) is 3.29. The summed E-state index contributed by atoms with van der Waals surface area (Å²) in [4.78, 5) is 16.0. The Morgan fingerprint density at radius 1 is 1.00 bits per heavy atom. The highest BCUT2D eigenvalue weighted by Gasteiger charge is 2.18. The van der Waals surface area contributed by atoms with E-state index in [2.05, 4.69) is 87.1 Å². The van der Waals surface area contributed by atoms with Crippen LogP contribution in [0.2, 0.25) is 0 Å². The molecule has 26 heavy (non-hydrogen) atoms. The zero-order chi connectivity index (χ0) is 18.2. The van der Waals surface area contributed by atoms with E-state index in [1.54, 1.807) is 6.33 Å². The third kappa shape index (κ3) is 4.82. The average molecular weight is 351 g/mol. The van der Waals surface area contributed by atoms with Crippen LogP contribution in [-0.4, -0.2) is 60.7 Å². The molecule has 3 rings (SSSR count). The number of hydrogen-bond acceptors (Lipinski definition) is 5. The maximum absolute atomic E-state index is 4.50. The van der Waals surface area contributed by atoms with Crippen LogP contribution in [-0.2, 0) is 0 Å². The molecule has 5 heteroatoms. The fraction of sp³-hybridized carbons (Fsp3) is 0.429. The van der Waals surface area contributed by atoms with Gasteiger partial charge in [0.1, 0.15) is 18.0 Å². The highest BCUT2D eigenvalue weighted by atomic mass is 15.3. The van der Waals surface area contributed by atoms with E-state index in [1.807, 2.05) is 0 Å². The zero-order valence-electron chi connectivity index (χ0n) is 15.9. The van der Waals surface area contributed by atoms with E-state index in [1.165, 1.54) is 5.56 Å². The highest BCUT2D eigenvalue weighted by molar-refractivity contribution is 5.50. The molecule has 1 aromatic carbocycles. The normalized spacial score (nSPS) is 15.5. The van der Waals surface area contributed by atoms with Crippen molar-refractivity contribution < 1.29 is 0 Å². The number of anilines is 2. The van der Waals surface area contributed by atoms with Crippen molar-refractivity contribution in [3.8, 4) is 0 Å². The Labute approximate surface area is 157 Å². The molecule has 2 aromatic rings. The van der Waals surface area contributed by atoms with E-state index in [0.29, 0.717) is 0 Å². The highest BCUT2D eigenvalue weighted by Crippen LogP contribution is 2.18. The van der Waals surface area contributed by atoms with Crippen molar-refractivity contribution in [2.45, 2.75) is 13.8 Å². The van der Waals surface area contributed by atoms with Gasteiger partial charge in [-0.3, -0.25) is 4.90 Å². The van der Waals surface area contributed by atoms with Gasteiger partial charge in [0.2, 0.25) is 0 Å². The van der Waals surface area contributed by atoms with Gasteiger partial charge in [-0.1, -0.05) is 42.5 Å². The van der Waals surface area contributed by atoms with E-state index in [9.17, 15) is 0 Å². The molecule has 0 atom stereocenters. The first-order chi connectivity index (χ1) is 12.8. The van der Waals surface area contributed by atoms with Crippen molar-refractivity contribution >= 4 is 17.7 Å². The van der Waals surface area contributed by atoms with Gasteiger partial charge in [-0.15, -0.1) is 0 Å². The molecule has 2 heterocycles. The number of nitrogens with zero attached hydrogens (tertiary/aromatic N) is 5. The van der Waals surface area contributed by atoms with Crippen LogP contribution in [0.4, 0.5) is 11.6 Å². The maximum Gasteiger partial charge on any atom is 0.134 e. The Morgan fingerprint density at radius 3 is 2.42 bits per heavy atom. The minimum atomic E-state index is 0.967. The van der Waals surface area contributed by atoms with Gasteiger partial charge in [-0.25, -0.2) is 9.97 Å². The molecule has 1 aliphatic heterocycles. The number of piperazine rings is 1. The molecule has 1 fully saturated rings. The molecule has 0 amide bonds. The largest absolute Gasteiger partial charge is 0.357 e. The van der Waals surface area contributed by atoms with Crippen LogP contribution in [0.1, 0.15) is 19.4 Å². The van der Waals surface area contributed by atoms with E-state index >= 15 is 0 Å². The predicted molar refractivity (Wildman–Crippen MR) is 110 cm³/mol. The van der Waals surface area contributed by atoms with Crippen molar-refractivity contribution in [2.75, 3.05) is 55.6 Å². The van der Waals surface area contributed by atoms with Crippen LogP contribution in [0.3, 0.4) is 0 Å². The minimum Gasteiger partial charge on any atom is -0.357 e. The number of aromatic nitrogens is 2. The molecule has 1 saturated heterocycles. The van der Waals surface area contributed by atoms with Crippen LogP contribution in [0.25, 0.3) is 6.08 Å². The van der Waals surface area contributed by atoms with Gasteiger partial charge in [-0.2, -0.15) is 0 Å². The molecule has 1 aromatic heterocycles. The van der Waals surface area contributed by atoms with Gasteiger partial charge in [0.25, 0.3) is 0 Å². The van der Waals surface area contributed by atoms with Crippen LogP contribution >= 0.6 is 0 Å². The van der Waals surface area contributed by atoms with Gasteiger partial charge in [0.05, 0.1) is 0 Å². The standard InChI is InChI=1S/C21H29N5/c1-3-25(4-2)20-17-21(23-18-22-20)26-15-13-24(14-16-26)12-8-11-19-9-6-5-7-10-19/h5-11,17-18H,3-4,12-16H2,1-2H3/b11-8+. The van der Waals surface area contributed by atoms with Crippen molar-refractivity contribution in [2.24, 2.45) is 0 Å². The summed E-state index contributed by atoms with van der Waals surface area (Å²) in [5.74, 6) is 2.06. The van der Waals surface area contributed by atoms with Gasteiger partial charge in [0.15, 0.2) is 0 Å². The lowest BCUT2D eigenvalue weighted by atomic mass is 10.2. The van der Waals surface area contributed by atoms with Crippen molar-refractivity contribution in [1.82, 2.24) is 14.9 Å². The lowest BCUT2D eigenvalue weighted by molar-refractivity contribution is 0.283. The third-order valence-corrected chi connectivity index (χ3v) is 4.90. The SMILES string of the molecule is CCN(CC)c1cc(N2CCN(C/C=C/c3ccccc3)CC2)ncn1. The molecule has 0 aliphatic carbocycles. The van der Waals surface area contributed by atoms with Crippen molar-refractivity contribution in [3.05, 3.63) is 54.4 Å². The summed E-state index contributed by atoms with van der Waals surface area (Å²) in [7, 11) is 0. The van der Waals surface area contributed by atoms with Crippen LogP contribution in [0.5, 0.6) is 0 Å². The molecule has 1 aliphatic rings. The number of hydrogen-bond donors (Lipinski definition) is 0. The van der Waals surface area contributed by atoms with E-state index < -0.39 is 0 Å². The molecule has 138 valence electrons. The smallest absolute Gasteiger partial charge is 0.134 e.